The summed E-state index contributed by atoms with van der Waals surface area (Å²) in [6.07, 6.45) is 1.39. The molecule has 132 valence electrons. The van der Waals surface area contributed by atoms with Crippen LogP contribution in [0.1, 0.15) is 41.9 Å². The SMILES string of the molecule is CCCCNC(=O)c1ccc([C@@H]2Nc3ccccc3S(=O)(=O)N2)cc1. The maximum atomic E-state index is 12.4. The number of hydrogen-bond acceptors (Lipinski definition) is 4. The summed E-state index contributed by atoms with van der Waals surface area (Å²) >= 11 is 0. The fourth-order valence-corrected chi connectivity index (χ4v) is 3.99. The van der Waals surface area contributed by atoms with Crippen LogP contribution in [-0.2, 0) is 10.0 Å². The zero-order valence-electron chi connectivity index (χ0n) is 14.0. The van der Waals surface area contributed by atoms with Crippen molar-refractivity contribution in [2.24, 2.45) is 0 Å². The molecule has 1 amide bonds. The summed E-state index contributed by atoms with van der Waals surface area (Å²) in [6, 6.07) is 13.7. The lowest BCUT2D eigenvalue weighted by Gasteiger charge is -2.28. The van der Waals surface area contributed by atoms with Gasteiger partial charge in [0.05, 0.1) is 5.69 Å². The highest BCUT2D eigenvalue weighted by Gasteiger charge is 2.29. The van der Waals surface area contributed by atoms with Gasteiger partial charge in [-0.1, -0.05) is 37.6 Å². The first-order valence-corrected chi connectivity index (χ1v) is 9.75. The lowest BCUT2D eigenvalue weighted by atomic mass is 10.1. The number of carbonyl (C=O) groups is 1. The number of fused-ring (bicyclic) bond motifs is 1. The van der Waals surface area contributed by atoms with Gasteiger partial charge in [-0.25, -0.2) is 8.42 Å². The summed E-state index contributed by atoms with van der Waals surface area (Å²) in [5, 5.41) is 6.03. The Morgan fingerprint density at radius 3 is 2.56 bits per heavy atom. The summed E-state index contributed by atoms with van der Waals surface area (Å²) in [5.74, 6) is -0.123. The third-order valence-corrected chi connectivity index (χ3v) is 5.55. The Morgan fingerprint density at radius 2 is 1.84 bits per heavy atom. The number of amides is 1. The van der Waals surface area contributed by atoms with Crippen molar-refractivity contribution >= 4 is 21.6 Å². The average molecular weight is 359 g/mol. The third kappa shape index (κ3) is 3.83. The normalized spacial score (nSPS) is 18.0. The van der Waals surface area contributed by atoms with Crippen LogP contribution in [0.4, 0.5) is 5.69 Å². The fourth-order valence-electron chi connectivity index (χ4n) is 2.68. The van der Waals surface area contributed by atoms with Gasteiger partial charge in [-0.3, -0.25) is 4.79 Å². The minimum absolute atomic E-state index is 0.123. The maximum absolute atomic E-state index is 12.4. The van der Waals surface area contributed by atoms with Gasteiger partial charge in [0.1, 0.15) is 11.1 Å². The molecule has 3 rings (SSSR count). The molecule has 2 aromatic rings. The number of benzene rings is 2. The Labute approximate surface area is 147 Å². The quantitative estimate of drug-likeness (QED) is 0.716. The largest absolute Gasteiger partial charge is 0.364 e. The molecule has 0 spiro atoms. The first kappa shape index (κ1) is 17.4. The molecule has 0 aromatic heterocycles. The Hall–Kier alpha value is -2.38. The predicted octanol–water partition coefficient (Wildman–Crippen LogP) is 2.62. The van der Waals surface area contributed by atoms with Crippen LogP contribution in [0, 0.1) is 0 Å². The number of sulfonamides is 1. The van der Waals surface area contributed by atoms with Crippen molar-refractivity contribution in [3.8, 4) is 0 Å². The van der Waals surface area contributed by atoms with Crippen molar-refractivity contribution in [2.75, 3.05) is 11.9 Å². The first-order chi connectivity index (χ1) is 12.0. The number of para-hydroxylation sites is 1. The zero-order valence-corrected chi connectivity index (χ0v) is 14.8. The van der Waals surface area contributed by atoms with E-state index in [-0.39, 0.29) is 10.8 Å². The van der Waals surface area contributed by atoms with E-state index in [1.165, 1.54) is 0 Å². The van der Waals surface area contributed by atoms with Crippen LogP contribution < -0.4 is 15.4 Å². The Kier molecular flexibility index (Phi) is 5.06. The molecule has 0 aliphatic carbocycles. The molecule has 0 unspecified atom stereocenters. The third-order valence-electron chi connectivity index (χ3n) is 4.07. The molecule has 1 aliphatic rings. The number of anilines is 1. The summed E-state index contributed by atoms with van der Waals surface area (Å²) in [4.78, 5) is 12.3. The van der Waals surface area contributed by atoms with Gasteiger partial charge in [-0.2, -0.15) is 4.72 Å². The molecule has 2 aromatic carbocycles. The van der Waals surface area contributed by atoms with Gasteiger partial charge in [0.25, 0.3) is 5.91 Å². The van der Waals surface area contributed by atoms with Crippen molar-refractivity contribution in [3.05, 3.63) is 59.7 Å². The molecule has 25 heavy (non-hydrogen) atoms. The lowest BCUT2D eigenvalue weighted by Crippen LogP contribution is -2.38. The molecule has 3 N–H and O–H groups in total. The van der Waals surface area contributed by atoms with Gasteiger partial charge in [-0.15, -0.1) is 0 Å². The average Bonchev–Trinajstić information content (AvgIpc) is 2.61. The van der Waals surface area contributed by atoms with Crippen LogP contribution in [0.25, 0.3) is 0 Å². The Morgan fingerprint density at radius 1 is 1.12 bits per heavy atom. The van der Waals surface area contributed by atoms with E-state index in [0.717, 1.165) is 18.4 Å². The molecule has 0 bridgehead atoms. The van der Waals surface area contributed by atoms with Crippen LogP contribution in [-0.4, -0.2) is 20.9 Å². The van der Waals surface area contributed by atoms with Crippen LogP contribution >= 0.6 is 0 Å². The van der Waals surface area contributed by atoms with Crippen molar-refractivity contribution < 1.29 is 13.2 Å². The number of unbranched alkanes of at least 4 members (excludes halogenated alkanes) is 1. The molecule has 7 heteroatoms. The van der Waals surface area contributed by atoms with Gasteiger partial charge in [-0.05, 0) is 36.2 Å². The molecule has 0 saturated carbocycles. The molecule has 1 heterocycles. The summed E-state index contributed by atoms with van der Waals surface area (Å²) in [5.41, 5.74) is 1.86. The lowest BCUT2D eigenvalue weighted by molar-refractivity contribution is 0.0953. The predicted molar refractivity (Wildman–Crippen MR) is 96.8 cm³/mol. The van der Waals surface area contributed by atoms with Gasteiger partial charge >= 0.3 is 0 Å². The molecule has 1 aliphatic heterocycles. The van der Waals surface area contributed by atoms with E-state index in [2.05, 4.69) is 22.3 Å². The van der Waals surface area contributed by atoms with Crippen LogP contribution in [0.5, 0.6) is 0 Å². The van der Waals surface area contributed by atoms with Gasteiger partial charge in [0.15, 0.2) is 0 Å². The number of nitrogens with one attached hydrogen (secondary N) is 3. The zero-order chi connectivity index (χ0) is 17.9. The second kappa shape index (κ2) is 7.25. The number of hydrogen-bond donors (Lipinski definition) is 3. The number of carbonyl (C=O) groups excluding carboxylic acids is 1. The molecule has 0 fully saturated rings. The highest BCUT2D eigenvalue weighted by atomic mass is 32.2. The second-order valence-electron chi connectivity index (χ2n) is 5.93. The molecule has 0 radical (unpaired) electrons. The fraction of sp³-hybridized carbons (Fsp3) is 0.278. The van der Waals surface area contributed by atoms with E-state index < -0.39 is 16.2 Å². The van der Waals surface area contributed by atoms with Gasteiger partial charge < -0.3 is 10.6 Å². The van der Waals surface area contributed by atoms with E-state index in [9.17, 15) is 13.2 Å². The Bertz CT molecular complexity index is 863. The van der Waals surface area contributed by atoms with E-state index in [1.807, 2.05) is 0 Å². The first-order valence-electron chi connectivity index (χ1n) is 8.27. The van der Waals surface area contributed by atoms with Crippen molar-refractivity contribution in [1.82, 2.24) is 10.0 Å². The summed E-state index contributed by atoms with van der Waals surface area (Å²) < 4.78 is 27.3. The van der Waals surface area contributed by atoms with Crippen molar-refractivity contribution in [1.29, 1.82) is 0 Å². The van der Waals surface area contributed by atoms with Gasteiger partial charge in [0, 0.05) is 12.1 Å². The Balaban J connectivity index is 1.76. The van der Waals surface area contributed by atoms with Crippen molar-refractivity contribution in [2.45, 2.75) is 30.8 Å². The standard InChI is InChI=1S/C18H21N3O3S/c1-2-3-12-19-18(22)14-10-8-13(9-11-14)17-20-15-6-4-5-7-16(15)25(23,24)21-17/h4-11,17,20-21H,2-3,12H2,1H3,(H,19,22)/t17-/m1/s1. The van der Waals surface area contributed by atoms with Gasteiger partial charge in [0.2, 0.25) is 10.0 Å². The number of rotatable bonds is 5. The van der Waals surface area contributed by atoms with Crippen LogP contribution in [0.2, 0.25) is 0 Å². The molecule has 0 saturated heterocycles. The molecule has 6 nitrogen and oxygen atoms in total. The molecule has 1 atom stereocenters. The minimum Gasteiger partial charge on any atom is -0.364 e. The molecular formula is C18H21N3O3S. The van der Waals surface area contributed by atoms with E-state index in [0.29, 0.717) is 17.8 Å². The second-order valence-corrected chi connectivity index (χ2v) is 7.61. The van der Waals surface area contributed by atoms with E-state index in [1.54, 1.807) is 48.5 Å². The minimum atomic E-state index is -3.57. The van der Waals surface area contributed by atoms with E-state index >= 15 is 0 Å². The smallest absolute Gasteiger partial charge is 0.251 e. The summed E-state index contributed by atoms with van der Waals surface area (Å²) in [6.45, 7) is 2.72. The summed E-state index contributed by atoms with van der Waals surface area (Å²) in [7, 11) is -3.57. The highest BCUT2D eigenvalue weighted by Crippen LogP contribution is 2.30. The molecular weight excluding hydrogens is 338 g/mol. The van der Waals surface area contributed by atoms with Crippen LogP contribution in [0.15, 0.2) is 53.4 Å². The van der Waals surface area contributed by atoms with E-state index in [4.69, 9.17) is 0 Å². The van der Waals surface area contributed by atoms with Crippen LogP contribution in [0.3, 0.4) is 0 Å². The highest BCUT2D eigenvalue weighted by molar-refractivity contribution is 7.89. The monoisotopic (exact) mass is 359 g/mol. The van der Waals surface area contributed by atoms with Crippen molar-refractivity contribution in [3.63, 3.8) is 0 Å². The maximum Gasteiger partial charge on any atom is 0.251 e. The topological polar surface area (TPSA) is 87.3 Å².